The molecule has 3 aromatic carbocycles. The largest absolute Gasteiger partial charge is 0.432 e. The van der Waals surface area contributed by atoms with E-state index < -0.39 is 31.5 Å². The maximum atomic E-state index is 14.9. The third-order valence-electron chi connectivity index (χ3n) is 10.8. The van der Waals surface area contributed by atoms with Crippen molar-refractivity contribution in [3.8, 4) is 0 Å². The molecule has 7 rings (SSSR count). The zero-order valence-corrected chi connectivity index (χ0v) is 30.2. The van der Waals surface area contributed by atoms with Gasteiger partial charge in [-0.15, -0.1) is 0 Å². The number of hydrogen-bond acceptors (Lipinski definition) is 6. The minimum absolute atomic E-state index is 0.00502. The third kappa shape index (κ3) is 5.53. The molecule has 0 aromatic heterocycles. The van der Waals surface area contributed by atoms with Crippen LogP contribution < -0.4 is 9.80 Å². The zero-order valence-electron chi connectivity index (χ0n) is 27.6. The van der Waals surface area contributed by atoms with Crippen molar-refractivity contribution >= 4 is 53.3 Å². The van der Waals surface area contributed by atoms with Gasteiger partial charge in [0.15, 0.2) is 13.9 Å². The number of aliphatic hydroxyl groups is 1. The Labute approximate surface area is 290 Å². The normalized spacial score (nSPS) is 26.8. The van der Waals surface area contributed by atoms with Crippen LogP contribution in [0.4, 0.5) is 11.4 Å². The van der Waals surface area contributed by atoms with Crippen LogP contribution in [-0.2, 0) is 44.2 Å². The first-order valence-electron chi connectivity index (χ1n) is 16.8. The molecule has 0 aliphatic carbocycles. The summed E-state index contributed by atoms with van der Waals surface area (Å²) in [7, 11) is -3.00. The van der Waals surface area contributed by atoms with Gasteiger partial charge >= 0.3 is 0 Å². The number of halogens is 1. The van der Waals surface area contributed by atoms with E-state index in [2.05, 4.69) is 15.9 Å². The second-order valence-corrected chi connectivity index (χ2v) is 19.2. The first-order valence-corrected chi connectivity index (χ1v) is 20.6. The van der Waals surface area contributed by atoms with Crippen LogP contribution >= 0.6 is 15.9 Å². The number of benzene rings is 3. The maximum absolute atomic E-state index is 14.9. The molecule has 4 heterocycles. The summed E-state index contributed by atoms with van der Waals surface area (Å²) in [6.45, 7) is 6.87. The van der Waals surface area contributed by atoms with Crippen molar-refractivity contribution in [2.75, 3.05) is 23.0 Å². The summed E-state index contributed by atoms with van der Waals surface area (Å²) in [6, 6.07) is 21.2. The molecule has 0 bridgehead atoms. The van der Waals surface area contributed by atoms with Gasteiger partial charge in [-0.25, -0.2) is 0 Å². The van der Waals surface area contributed by atoms with Gasteiger partial charge in [0.25, 0.3) is 5.91 Å². The van der Waals surface area contributed by atoms with Gasteiger partial charge in [-0.1, -0.05) is 59.3 Å². The fourth-order valence-electron chi connectivity index (χ4n) is 8.66. The molecule has 0 radical (unpaired) electrons. The van der Waals surface area contributed by atoms with Crippen molar-refractivity contribution in [3.05, 3.63) is 93.5 Å². The Morgan fingerprint density at radius 1 is 1.06 bits per heavy atom. The molecule has 2 N–H and O–H groups in total. The monoisotopic (exact) mass is 731 g/mol. The minimum Gasteiger partial charge on any atom is -0.432 e. The highest BCUT2D eigenvalue weighted by Crippen LogP contribution is 2.60. The Kier molecular flexibility index (Phi) is 8.64. The SMILES string of the molecule is C[C@@H]1[C@@H]([Si](C)(C)O)[C@H](CC(=O)N2Cc3ccccc3C[C@H]2CO)O[C@@]12C(=O)N(Cc1cccc(N3CCCC3=O)c1)c1ccc(Br)cc12. The lowest BCUT2D eigenvalue weighted by molar-refractivity contribution is -0.151. The van der Waals surface area contributed by atoms with Gasteiger partial charge in [-0.3, -0.25) is 14.4 Å². The summed E-state index contributed by atoms with van der Waals surface area (Å²) in [5.74, 6) is -0.694. The lowest BCUT2D eigenvalue weighted by Crippen LogP contribution is -2.48. The standard InChI is InChI=1S/C37H42BrN3O6Si/c1-23-35(48(2,3)46)32(19-34(44)40-21-26-10-5-4-9-25(26)17-29(40)22-42)47-37(23)30-18-27(38)13-14-31(30)41(36(37)45)20-24-8-6-11-28(16-24)39-15-7-12-33(39)43/h4-6,8-11,13-14,16,18,23,29,32,35,42,46H,7,12,15,17,19-22H2,1-3H3/t23-,29+,32+,35-,37+/m1/s1. The molecule has 4 aliphatic rings. The highest BCUT2D eigenvalue weighted by Gasteiger charge is 2.66. The van der Waals surface area contributed by atoms with Crippen LogP contribution in [0.2, 0.25) is 18.6 Å². The maximum Gasteiger partial charge on any atom is 0.264 e. The highest BCUT2D eigenvalue weighted by atomic mass is 79.9. The van der Waals surface area contributed by atoms with Crippen molar-refractivity contribution in [1.82, 2.24) is 4.90 Å². The number of amides is 3. The molecule has 11 heteroatoms. The summed E-state index contributed by atoms with van der Waals surface area (Å²) >= 11 is 3.62. The van der Waals surface area contributed by atoms with Crippen LogP contribution in [0.1, 0.15) is 48.4 Å². The summed E-state index contributed by atoms with van der Waals surface area (Å²) in [4.78, 5) is 58.5. The Morgan fingerprint density at radius 2 is 1.83 bits per heavy atom. The first-order chi connectivity index (χ1) is 22.9. The van der Waals surface area contributed by atoms with Gasteiger partial charge in [0, 0.05) is 46.7 Å². The van der Waals surface area contributed by atoms with Crippen molar-refractivity contribution in [2.24, 2.45) is 5.92 Å². The second-order valence-electron chi connectivity index (χ2n) is 14.3. The van der Waals surface area contributed by atoms with Gasteiger partial charge in [0.1, 0.15) is 0 Å². The molecule has 3 aromatic rings. The van der Waals surface area contributed by atoms with Crippen LogP contribution in [0.25, 0.3) is 0 Å². The lowest BCUT2D eigenvalue weighted by Gasteiger charge is -2.37. The van der Waals surface area contributed by atoms with Crippen molar-refractivity contribution in [1.29, 1.82) is 0 Å². The molecule has 0 saturated carbocycles. The summed E-state index contributed by atoms with van der Waals surface area (Å²) in [6.07, 6.45) is 1.23. The van der Waals surface area contributed by atoms with Gasteiger partial charge < -0.3 is 29.3 Å². The van der Waals surface area contributed by atoms with Gasteiger partial charge in [-0.2, -0.15) is 0 Å². The lowest BCUT2D eigenvalue weighted by atomic mass is 9.82. The summed E-state index contributed by atoms with van der Waals surface area (Å²) in [5, 5.41) is 10.3. The van der Waals surface area contributed by atoms with Gasteiger partial charge in [-0.05, 0) is 73.0 Å². The van der Waals surface area contributed by atoms with E-state index in [1.807, 2.05) is 86.7 Å². The van der Waals surface area contributed by atoms with Crippen LogP contribution in [0, 0.1) is 5.92 Å². The van der Waals surface area contributed by atoms with Crippen LogP contribution in [0.5, 0.6) is 0 Å². The fraction of sp³-hybridized carbons (Fsp3) is 0.432. The molecule has 3 amide bonds. The van der Waals surface area contributed by atoms with E-state index in [1.54, 1.807) is 14.7 Å². The van der Waals surface area contributed by atoms with E-state index in [0.29, 0.717) is 25.9 Å². The molecular formula is C37H42BrN3O6Si. The molecule has 0 unspecified atom stereocenters. The van der Waals surface area contributed by atoms with Gasteiger partial charge in [0.2, 0.25) is 11.8 Å². The third-order valence-corrected chi connectivity index (χ3v) is 13.8. The first kappa shape index (κ1) is 33.2. The average Bonchev–Trinajstić information content (AvgIpc) is 3.69. The Bertz CT molecular complexity index is 1780. The highest BCUT2D eigenvalue weighted by molar-refractivity contribution is 9.10. The van der Waals surface area contributed by atoms with E-state index >= 15 is 0 Å². The Hall–Kier alpha value is -3.35. The fourth-order valence-corrected chi connectivity index (χ4v) is 11.6. The van der Waals surface area contributed by atoms with E-state index in [1.165, 1.54) is 0 Å². The molecule has 9 nitrogen and oxygen atoms in total. The molecule has 48 heavy (non-hydrogen) atoms. The number of carbonyl (C=O) groups is 3. The van der Waals surface area contributed by atoms with Crippen LogP contribution in [0.15, 0.2) is 71.2 Å². The van der Waals surface area contributed by atoms with Crippen LogP contribution in [0.3, 0.4) is 0 Å². The van der Waals surface area contributed by atoms with E-state index in [-0.39, 0.29) is 43.3 Å². The number of hydrogen-bond donors (Lipinski definition) is 2. The van der Waals surface area contributed by atoms with Crippen molar-refractivity contribution in [2.45, 2.75) is 82.1 Å². The van der Waals surface area contributed by atoms with E-state index in [0.717, 1.165) is 44.5 Å². The Morgan fingerprint density at radius 3 is 2.54 bits per heavy atom. The molecule has 252 valence electrons. The second kappa shape index (κ2) is 12.5. The number of rotatable bonds is 7. The number of ether oxygens (including phenoxy) is 1. The number of carbonyl (C=O) groups excluding carboxylic acids is 3. The quantitative estimate of drug-likeness (QED) is 0.321. The zero-order chi connectivity index (χ0) is 34.0. The molecule has 5 atom stereocenters. The number of fused-ring (bicyclic) bond motifs is 3. The number of aliphatic hydroxyl groups excluding tert-OH is 1. The predicted molar refractivity (Wildman–Crippen MR) is 189 cm³/mol. The summed E-state index contributed by atoms with van der Waals surface area (Å²) < 4.78 is 7.74. The minimum atomic E-state index is -3.00. The van der Waals surface area contributed by atoms with Gasteiger partial charge in [0.05, 0.1) is 37.4 Å². The average molecular weight is 733 g/mol. The topological polar surface area (TPSA) is 111 Å². The molecule has 2 fully saturated rings. The Balaban J connectivity index is 1.22. The summed E-state index contributed by atoms with van der Waals surface area (Å²) in [5.41, 5.74) is 3.54. The molecule has 4 aliphatic heterocycles. The smallest absolute Gasteiger partial charge is 0.264 e. The number of anilines is 2. The number of nitrogens with zero attached hydrogens (tertiary/aromatic N) is 3. The van der Waals surface area contributed by atoms with Crippen molar-refractivity contribution < 1.29 is 29.0 Å². The van der Waals surface area contributed by atoms with Crippen molar-refractivity contribution in [3.63, 3.8) is 0 Å². The van der Waals surface area contributed by atoms with E-state index in [9.17, 15) is 24.3 Å². The molecule has 2 saturated heterocycles. The molecule has 1 spiro atoms. The predicted octanol–water partition coefficient (Wildman–Crippen LogP) is 5.26. The molecular weight excluding hydrogens is 690 g/mol. The van der Waals surface area contributed by atoms with E-state index in [4.69, 9.17) is 4.74 Å². The van der Waals surface area contributed by atoms with Crippen LogP contribution in [-0.4, -0.2) is 66.1 Å².